The molecule has 0 bridgehead atoms. The third kappa shape index (κ3) is 4.19. The average molecular weight is 332 g/mol. The van der Waals surface area contributed by atoms with Crippen LogP contribution in [0.2, 0.25) is 5.02 Å². The summed E-state index contributed by atoms with van der Waals surface area (Å²) >= 11 is 6.17. The minimum Gasteiger partial charge on any atom is -0.396 e. The normalized spacial score (nSPS) is 23.2. The van der Waals surface area contributed by atoms with Crippen LogP contribution in [-0.4, -0.2) is 32.4 Å². The van der Waals surface area contributed by atoms with Gasteiger partial charge in [-0.2, -0.15) is 0 Å². The Hall–Kier alpha value is -0.620. The topological polar surface area (TPSA) is 66.4 Å². The van der Waals surface area contributed by atoms with E-state index in [-0.39, 0.29) is 23.5 Å². The fourth-order valence-corrected chi connectivity index (χ4v) is 4.24. The standard InChI is InChI=1S/C15H22ClNO3S/c1-21(19,20)15-8-4-6-13(16)12(15)9-17-14-7-3-2-5-11(14)10-18/h4,6,8,11,14,17-18H,2-3,5,7,9-10H2,1H3. The smallest absolute Gasteiger partial charge is 0.175 e. The Balaban J connectivity index is 2.16. The predicted octanol–water partition coefficient (Wildman–Crippen LogP) is 2.38. The van der Waals surface area contributed by atoms with E-state index in [1.54, 1.807) is 18.2 Å². The van der Waals surface area contributed by atoms with Gasteiger partial charge in [-0.3, -0.25) is 0 Å². The second-order valence-corrected chi connectivity index (χ2v) is 8.09. The molecule has 118 valence electrons. The molecule has 1 aromatic rings. The van der Waals surface area contributed by atoms with E-state index in [0.717, 1.165) is 25.7 Å². The molecule has 1 aromatic carbocycles. The van der Waals surface area contributed by atoms with Crippen LogP contribution in [0.15, 0.2) is 23.1 Å². The molecule has 6 heteroatoms. The molecule has 1 aliphatic carbocycles. The molecule has 0 radical (unpaired) electrons. The molecule has 2 atom stereocenters. The zero-order chi connectivity index (χ0) is 15.5. The maximum Gasteiger partial charge on any atom is 0.175 e. The molecule has 4 nitrogen and oxygen atoms in total. The summed E-state index contributed by atoms with van der Waals surface area (Å²) < 4.78 is 23.7. The van der Waals surface area contributed by atoms with E-state index in [1.807, 2.05) is 0 Å². The highest BCUT2D eigenvalue weighted by Gasteiger charge is 2.25. The SMILES string of the molecule is CS(=O)(=O)c1cccc(Cl)c1CNC1CCCCC1CO. The van der Waals surface area contributed by atoms with Crippen molar-refractivity contribution >= 4 is 21.4 Å². The van der Waals surface area contributed by atoms with Crippen molar-refractivity contribution in [1.82, 2.24) is 5.32 Å². The zero-order valence-corrected chi connectivity index (χ0v) is 13.8. The van der Waals surface area contributed by atoms with Gasteiger partial charge in [-0.25, -0.2) is 8.42 Å². The number of hydrogen-bond donors (Lipinski definition) is 2. The number of sulfone groups is 1. The van der Waals surface area contributed by atoms with Crippen LogP contribution < -0.4 is 5.32 Å². The average Bonchev–Trinajstić information content (AvgIpc) is 2.45. The largest absolute Gasteiger partial charge is 0.396 e. The van der Waals surface area contributed by atoms with Crippen LogP contribution >= 0.6 is 11.6 Å². The summed E-state index contributed by atoms with van der Waals surface area (Å²) in [6, 6.07) is 5.16. The van der Waals surface area contributed by atoms with Crippen LogP contribution in [0.5, 0.6) is 0 Å². The maximum atomic E-state index is 11.9. The Kier molecular flexibility index (Phi) is 5.66. The number of aliphatic hydroxyl groups excluding tert-OH is 1. The van der Waals surface area contributed by atoms with Gasteiger partial charge in [0.25, 0.3) is 0 Å². The monoisotopic (exact) mass is 331 g/mol. The maximum absolute atomic E-state index is 11.9. The van der Waals surface area contributed by atoms with Gasteiger partial charge in [0, 0.05) is 36.0 Å². The molecule has 2 rings (SSSR count). The second kappa shape index (κ2) is 7.09. The molecule has 0 aromatic heterocycles. The first kappa shape index (κ1) is 16.7. The Bertz CT molecular complexity index is 589. The number of benzene rings is 1. The minimum atomic E-state index is -3.30. The van der Waals surface area contributed by atoms with Crippen LogP contribution in [0.3, 0.4) is 0 Å². The lowest BCUT2D eigenvalue weighted by atomic mass is 9.85. The van der Waals surface area contributed by atoms with Crippen molar-refractivity contribution in [2.24, 2.45) is 5.92 Å². The van der Waals surface area contributed by atoms with Crippen molar-refractivity contribution in [3.8, 4) is 0 Å². The number of nitrogens with one attached hydrogen (secondary N) is 1. The minimum absolute atomic E-state index is 0.166. The van der Waals surface area contributed by atoms with Crippen molar-refractivity contribution in [2.45, 2.75) is 43.2 Å². The number of hydrogen-bond acceptors (Lipinski definition) is 4. The van der Waals surface area contributed by atoms with E-state index < -0.39 is 9.84 Å². The summed E-state index contributed by atoms with van der Waals surface area (Å²) in [6.07, 6.45) is 5.48. The first-order chi connectivity index (χ1) is 9.93. The van der Waals surface area contributed by atoms with Gasteiger partial charge in [-0.1, -0.05) is 30.5 Å². The lowest BCUT2D eigenvalue weighted by molar-refractivity contribution is 0.152. The van der Waals surface area contributed by atoms with Crippen molar-refractivity contribution in [1.29, 1.82) is 0 Å². The van der Waals surface area contributed by atoms with Crippen molar-refractivity contribution in [3.63, 3.8) is 0 Å². The van der Waals surface area contributed by atoms with E-state index in [1.165, 1.54) is 6.26 Å². The highest BCUT2D eigenvalue weighted by atomic mass is 35.5. The second-order valence-electron chi connectivity index (χ2n) is 5.70. The molecule has 0 amide bonds. The third-order valence-electron chi connectivity index (χ3n) is 4.16. The Morgan fingerprint density at radius 1 is 1.33 bits per heavy atom. The first-order valence-corrected chi connectivity index (χ1v) is 9.52. The summed E-state index contributed by atoms with van der Waals surface area (Å²) in [5.74, 6) is 0.239. The fourth-order valence-electron chi connectivity index (χ4n) is 2.99. The summed E-state index contributed by atoms with van der Waals surface area (Å²) in [7, 11) is -3.30. The lowest BCUT2D eigenvalue weighted by Gasteiger charge is -2.31. The fraction of sp³-hybridized carbons (Fsp3) is 0.600. The van der Waals surface area contributed by atoms with Gasteiger partial charge in [0.05, 0.1) is 4.90 Å². The van der Waals surface area contributed by atoms with E-state index in [9.17, 15) is 13.5 Å². The number of halogens is 1. The molecular formula is C15H22ClNO3S. The molecule has 0 heterocycles. The van der Waals surface area contributed by atoms with Crippen LogP contribution in [0, 0.1) is 5.92 Å². The van der Waals surface area contributed by atoms with E-state index >= 15 is 0 Å². The Morgan fingerprint density at radius 3 is 2.71 bits per heavy atom. The molecule has 1 saturated carbocycles. The molecule has 0 aliphatic heterocycles. The highest BCUT2D eigenvalue weighted by Crippen LogP contribution is 2.27. The summed E-state index contributed by atoms with van der Waals surface area (Å²) in [4.78, 5) is 0.277. The summed E-state index contributed by atoms with van der Waals surface area (Å²) in [6.45, 7) is 0.572. The van der Waals surface area contributed by atoms with Crippen LogP contribution in [0.25, 0.3) is 0 Å². The van der Waals surface area contributed by atoms with Gasteiger partial charge in [-0.05, 0) is 30.9 Å². The third-order valence-corrected chi connectivity index (χ3v) is 5.70. The molecule has 1 aliphatic rings. The number of aliphatic hydroxyl groups is 1. The molecule has 0 saturated heterocycles. The van der Waals surface area contributed by atoms with Gasteiger partial charge in [0.1, 0.15) is 0 Å². The van der Waals surface area contributed by atoms with Crippen molar-refractivity contribution in [3.05, 3.63) is 28.8 Å². The van der Waals surface area contributed by atoms with Crippen molar-refractivity contribution < 1.29 is 13.5 Å². The zero-order valence-electron chi connectivity index (χ0n) is 12.2. The molecule has 21 heavy (non-hydrogen) atoms. The van der Waals surface area contributed by atoms with Crippen LogP contribution in [0.4, 0.5) is 0 Å². The van der Waals surface area contributed by atoms with Crippen molar-refractivity contribution in [2.75, 3.05) is 12.9 Å². The van der Waals surface area contributed by atoms with Crippen LogP contribution in [-0.2, 0) is 16.4 Å². The summed E-state index contributed by atoms with van der Waals surface area (Å²) in [5.41, 5.74) is 0.615. The quantitative estimate of drug-likeness (QED) is 0.869. The van der Waals surface area contributed by atoms with Gasteiger partial charge in [-0.15, -0.1) is 0 Å². The number of rotatable bonds is 5. The van der Waals surface area contributed by atoms with Gasteiger partial charge in [0.15, 0.2) is 9.84 Å². The van der Waals surface area contributed by atoms with Gasteiger partial charge >= 0.3 is 0 Å². The van der Waals surface area contributed by atoms with Crippen LogP contribution in [0.1, 0.15) is 31.2 Å². The summed E-state index contributed by atoms with van der Waals surface area (Å²) in [5, 5.41) is 13.3. The molecule has 1 fully saturated rings. The Labute approximate surface area is 131 Å². The van der Waals surface area contributed by atoms with E-state index in [4.69, 9.17) is 11.6 Å². The highest BCUT2D eigenvalue weighted by molar-refractivity contribution is 7.90. The van der Waals surface area contributed by atoms with Gasteiger partial charge < -0.3 is 10.4 Å². The van der Waals surface area contributed by atoms with Gasteiger partial charge in [0.2, 0.25) is 0 Å². The molecule has 2 unspecified atom stereocenters. The predicted molar refractivity (Wildman–Crippen MR) is 84.2 cm³/mol. The molecule has 0 spiro atoms. The molecule has 2 N–H and O–H groups in total. The van der Waals surface area contributed by atoms with E-state index in [0.29, 0.717) is 17.1 Å². The Morgan fingerprint density at radius 2 is 2.05 bits per heavy atom. The van der Waals surface area contributed by atoms with E-state index in [2.05, 4.69) is 5.32 Å². The first-order valence-electron chi connectivity index (χ1n) is 7.25. The molecular weight excluding hydrogens is 310 g/mol. The lowest BCUT2D eigenvalue weighted by Crippen LogP contribution is -2.40.